The van der Waals surface area contributed by atoms with E-state index in [-0.39, 0.29) is 5.91 Å². The Morgan fingerprint density at radius 2 is 2.10 bits per heavy atom. The SMILES string of the molecule is CCCNc1ccc(C(=O)N(C)c2ccccn2)cn1. The smallest absolute Gasteiger partial charge is 0.260 e. The van der Waals surface area contributed by atoms with Crippen molar-refractivity contribution in [3.63, 3.8) is 0 Å². The number of nitrogens with one attached hydrogen (secondary N) is 1. The van der Waals surface area contributed by atoms with Gasteiger partial charge in [-0.2, -0.15) is 0 Å². The fraction of sp³-hybridized carbons (Fsp3) is 0.267. The van der Waals surface area contributed by atoms with Crippen LogP contribution in [0, 0.1) is 0 Å². The molecule has 0 unspecified atom stereocenters. The van der Waals surface area contributed by atoms with Gasteiger partial charge >= 0.3 is 0 Å². The highest BCUT2D eigenvalue weighted by Gasteiger charge is 2.14. The highest BCUT2D eigenvalue weighted by atomic mass is 16.2. The van der Waals surface area contributed by atoms with Gasteiger partial charge in [-0.3, -0.25) is 9.69 Å². The molecule has 20 heavy (non-hydrogen) atoms. The Balaban J connectivity index is 2.09. The summed E-state index contributed by atoms with van der Waals surface area (Å²) in [6, 6.07) is 9.05. The molecule has 2 aromatic rings. The topological polar surface area (TPSA) is 58.1 Å². The van der Waals surface area contributed by atoms with E-state index >= 15 is 0 Å². The van der Waals surface area contributed by atoms with E-state index in [0.29, 0.717) is 11.4 Å². The Labute approximate surface area is 118 Å². The highest BCUT2D eigenvalue weighted by Crippen LogP contribution is 2.12. The molecule has 1 amide bonds. The molecule has 2 rings (SSSR count). The summed E-state index contributed by atoms with van der Waals surface area (Å²) in [5.74, 6) is 1.27. The normalized spacial score (nSPS) is 10.1. The fourth-order valence-electron chi connectivity index (χ4n) is 1.73. The van der Waals surface area contributed by atoms with E-state index in [2.05, 4.69) is 22.2 Å². The van der Waals surface area contributed by atoms with Crippen LogP contribution in [0.25, 0.3) is 0 Å². The first-order valence-electron chi connectivity index (χ1n) is 6.61. The lowest BCUT2D eigenvalue weighted by Gasteiger charge is -2.16. The minimum Gasteiger partial charge on any atom is -0.370 e. The Kier molecular flexibility index (Phi) is 4.65. The van der Waals surface area contributed by atoms with E-state index in [1.165, 1.54) is 4.90 Å². The van der Waals surface area contributed by atoms with Crippen LogP contribution >= 0.6 is 0 Å². The van der Waals surface area contributed by atoms with Crippen LogP contribution in [-0.4, -0.2) is 29.5 Å². The van der Waals surface area contributed by atoms with E-state index in [4.69, 9.17) is 0 Å². The van der Waals surface area contributed by atoms with Gasteiger partial charge in [0.15, 0.2) is 0 Å². The van der Waals surface area contributed by atoms with Crippen LogP contribution in [0.2, 0.25) is 0 Å². The van der Waals surface area contributed by atoms with E-state index < -0.39 is 0 Å². The van der Waals surface area contributed by atoms with Crippen molar-refractivity contribution in [1.29, 1.82) is 0 Å². The summed E-state index contributed by atoms with van der Waals surface area (Å²) in [6.45, 7) is 2.96. The molecule has 0 aliphatic rings. The van der Waals surface area contributed by atoms with Crippen LogP contribution in [0.5, 0.6) is 0 Å². The quantitative estimate of drug-likeness (QED) is 0.907. The summed E-state index contributed by atoms with van der Waals surface area (Å²) in [7, 11) is 1.70. The Bertz CT molecular complexity index is 554. The van der Waals surface area contributed by atoms with Gasteiger partial charge in [-0.1, -0.05) is 13.0 Å². The number of hydrogen-bond donors (Lipinski definition) is 1. The van der Waals surface area contributed by atoms with Crippen LogP contribution in [0.4, 0.5) is 11.6 Å². The average molecular weight is 270 g/mol. The number of aromatic nitrogens is 2. The van der Waals surface area contributed by atoms with Crippen molar-refractivity contribution in [3.05, 3.63) is 48.3 Å². The Hall–Kier alpha value is -2.43. The van der Waals surface area contributed by atoms with Crippen molar-refractivity contribution in [1.82, 2.24) is 9.97 Å². The monoisotopic (exact) mass is 270 g/mol. The van der Waals surface area contributed by atoms with Gasteiger partial charge in [0.1, 0.15) is 11.6 Å². The molecule has 2 aromatic heterocycles. The van der Waals surface area contributed by atoms with E-state index in [0.717, 1.165) is 18.8 Å². The number of hydrogen-bond acceptors (Lipinski definition) is 4. The summed E-state index contributed by atoms with van der Waals surface area (Å²) >= 11 is 0. The zero-order valence-electron chi connectivity index (χ0n) is 11.7. The third kappa shape index (κ3) is 3.32. The van der Waals surface area contributed by atoms with Gasteiger partial charge in [-0.15, -0.1) is 0 Å². The number of pyridine rings is 2. The van der Waals surface area contributed by atoms with E-state index in [1.807, 2.05) is 18.2 Å². The molecular formula is C15H18N4O. The molecule has 0 aromatic carbocycles. The Morgan fingerprint density at radius 3 is 2.70 bits per heavy atom. The second-order valence-corrected chi connectivity index (χ2v) is 4.41. The lowest BCUT2D eigenvalue weighted by molar-refractivity contribution is 0.0992. The molecule has 1 N–H and O–H groups in total. The lowest BCUT2D eigenvalue weighted by atomic mass is 10.2. The van der Waals surface area contributed by atoms with Gasteiger partial charge < -0.3 is 5.32 Å². The molecule has 2 heterocycles. The van der Waals surface area contributed by atoms with Crippen LogP contribution in [0.15, 0.2) is 42.7 Å². The zero-order chi connectivity index (χ0) is 14.4. The molecule has 104 valence electrons. The molecule has 0 saturated carbocycles. The third-order valence-corrected chi connectivity index (χ3v) is 2.86. The van der Waals surface area contributed by atoms with E-state index in [1.54, 1.807) is 31.6 Å². The summed E-state index contributed by atoms with van der Waals surface area (Å²) in [5, 5.41) is 3.17. The first-order valence-corrected chi connectivity index (χ1v) is 6.61. The maximum atomic E-state index is 12.3. The first-order chi connectivity index (χ1) is 9.72. The zero-order valence-corrected chi connectivity index (χ0v) is 11.7. The van der Waals surface area contributed by atoms with Crippen molar-refractivity contribution in [2.45, 2.75) is 13.3 Å². The van der Waals surface area contributed by atoms with Crippen LogP contribution in [0.1, 0.15) is 23.7 Å². The van der Waals surface area contributed by atoms with Crippen molar-refractivity contribution >= 4 is 17.5 Å². The maximum absolute atomic E-state index is 12.3. The van der Waals surface area contributed by atoms with Crippen LogP contribution in [-0.2, 0) is 0 Å². The fourth-order valence-corrected chi connectivity index (χ4v) is 1.73. The molecule has 0 spiro atoms. The average Bonchev–Trinajstić information content (AvgIpc) is 2.53. The lowest BCUT2D eigenvalue weighted by Crippen LogP contribution is -2.27. The number of rotatable bonds is 5. The van der Waals surface area contributed by atoms with Crippen molar-refractivity contribution in [2.75, 3.05) is 23.8 Å². The second kappa shape index (κ2) is 6.65. The molecule has 5 nitrogen and oxygen atoms in total. The third-order valence-electron chi connectivity index (χ3n) is 2.86. The van der Waals surface area contributed by atoms with Crippen LogP contribution < -0.4 is 10.2 Å². The van der Waals surface area contributed by atoms with Gasteiger partial charge in [-0.25, -0.2) is 9.97 Å². The number of amides is 1. The molecular weight excluding hydrogens is 252 g/mol. The van der Waals surface area contributed by atoms with Crippen molar-refractivity contribution < 1.29 is 4.79 Å². The predicted molar refractivity (Wildman–Crippen MR) is 80.0 cm³/mol. The summed E-state index contributed by atoms with van der Waals surface area (Å²) in [6.07, 6.45) is 4.28. The summed E-state index contributed by atoms with van der Waals surface area (Å²) in [5.41, 5.74) is 0.542. The van der Waals surface area contributed by atoms with Gasteiger partial charge in [0, 0.05) is 26.0 Å². The van der Waals surface area contributed by atoms with E-state index in [9.17, 15) is 4.79 Å². The van der Waals surface area contributed by atoms with Crippen LogP contribution in [0.3, 0.4) is 0 Å². The molecule has 0 radical (unpaired) electrons. The number of carbonyl (C=O) groups is 1. The molecule has 0 bridgehead atoms. The number of carbonyl (C=O) groups excluding carboxylic acids is 1. The Morgan fingerprint density at radius 1 is 1.25 bits per heavy atom. The molecule has 5 heteroatoms. The van der Waals surface area contributed by atoms with Gasteiger partial charge in [-0.05, 0) is 30.7 Å². The molecule has 0 aliphatic carbocycles. The maximum Gasteiger partial charge on any atom is 0.260 e. The van der Waals surface area contributed by atoms with Crippen molar-refractivity contribution in [2.24, 2.45) is 0 Å². The number of nitrogens with zero attached hydrogens (tertiary/aromatic N) is 3. The minimum atomic E-state index is -0.127. The summed E-state index contributed by atoms with van der Waals surface area (Å²) < 4.78 is 0. The first kappa shape index (κ1) is 14.0. The largest absolute Gasteiger partial charge is 0.370 e. The summed E-state index contributed by atoms with van der Waals surface area (Å²) in [4.78, 5) is 22.2. The minimum absolute atomic E-state index is 0.127. The number of anilines is 2. The van der Waals surface area contributed by atoms with Gasteiger partial charge in [0.05, 0.1) is 5.56 Å². The second-order valence-electron chi connectivity index (χ2n) is 4.41. The predicted octanol–water partition coefficient (Wildman–Crippen LogP) is 2.58. The van der Waals surface area contributed by atoms with Crippen molar-refractivity contribution in [3.8, 4) is 0 Å². The van der Waals surface area contributed by atoms with Gasteiger partial charge in [0.25, 0.3) is 5.91 Å². The molecule has 0 atom stereocenters. The molecule has 0 fully saturated rings. The van der Waals surface area contributed by atoms with Gasteiger partial charge in [0.2, 0.25) is 0 Å². The highest BCUT2D eigenvalue weighted by molar-refractivity contribution is 6.05. The molecule has 0 aliphatic heterocycles. The standard InChI is InChI=1S/C15H18N4O/c1-3-9-16-13-8-7-12(11-18-13)15(20)19(2)14-6-4-5-10-17-14/h4-8,10-11H,3,9H2,1-2H3,(H,16,18). The molecule has 0 saturated heterocycles.